The first-order valence-electron chi connectivity index (χ1n) is 7.85. The van der Waals surface area contributed by atoms with E-state index in [9.17, 15) is 4.79 Å². The van der Waals surface area contributed by atoms with E-state index in [1.54, 1.807) is 55.0 Å². The van der Waals surface area contributed by atoms with Crippen molar-refractivity contribution in [2.24, 2.45) is 5.73 Å². The third kappa shape index (κ3) is 4.13. The number of hydrogen-bond donors (Lipinski definition) is 1. The van der Waals surface area contributed by atoms with E-state index in [4.69, 9.17) is 38.4 Å². The second-order valence-electron chi connectivity index (χ2n) is 5.49. The van der Waals surface area contributed by atoms with E-state index in [1.807, 2.05) is 0 Å². The minimum absolute atomic E-state index is 0.214. The van der Waals surface area contributed by atoms with Crippen LogP contribution in [0.25, 0.3) is 0 Å². The number of primary amides is 1. The average molecular weight is 404 g/mol. The Kier molecular flexibility index (Phi) is 5.78. The van der Waals surface area contributed by atoms with Gasteiger partial charge in [0.05, 0.1) is 29.0 Å². The van der Waals surface area contributed by atoms with Gasteiger partial charge in [0.25, 0.3) is 5.91 Å². The summed E-state index contributed by atoms with van der Waals surface area (Å²) in [5.41, 5.74) is 6.60. The Morgan fingerprint density at radius 1 is 1.15 bits per heavy atom. The number of rotatable bonds is 6. The highest BCUT2D eigenvalue weighted by molar-refractivity contribution is 6.34. The predicted octanol–water partition coefficient (Wildman–Crippen LogP) is 4.06. The van der Waals surface area contributed by atoms with Gasteiger partial charge in [-0.2, -0.15) is 0 Å². The summed E-state index contributed by atoms with van der Waals surface area (Å²) in [5.74, 6) is 0.196. The van der Waals surface area contributed by atoms with E-state index in [0.717, 1.165) is 0 Å². The Hall–Kier alpha value is -2.83. The molecule has 3 aromatic rings. The van der Waals surface area contributed by atoms with Gasteiger partial charge in [0.1, 0.15) is 11.5 Å². The van der Waals surface area contributed by atoms with Gasteiger partial charge in [-0.3, -0.25) is 14.8 Å². The minimum atomic E-state index is -0.853. The summed E-state index contributed by atoms with van der Waals surface area (Å²) in [6.07, 6.45) is 3.84. The fourth-order valence-electron chi connectivity index (χ4n) is 2.57. The van der Waals surface area contributed by atoms with Gasteiger partial charge in [-0.1, -0.05) is 23.2 Å². The standard InChI is InChI=1S/C19H15Cl2N3O3/c1-26-15-6-8-23-10-13(15)18(17-12(19(22)25)3-2-7-24-17)27-16-9-11(20)4-5-14(16)21/h2-10,18H,1H3,(H2,22,25). The van der Waals surface area contributed by atoms with Crippen LogP contribution in [-0.4, -0.2) is 23.0 Å². The quantitative estimate of drug-likeness (QED) is 0.670. The fourth-order valence-corrected chi connectivity index (χ4v) is 2.90. The number of benzene rings is 1. The number of halogens is 2. The molecule has 0 saturated heterocycles. The molecule has 0 saturated carbocycles. The molecule has 1 aromatic carbocycles. The summed E-state index contributed by atoms with van der Waals surface area (Å²) in [6.45, 7) is 0. The second kappa shape index (κ2) is 8.24. The Morgan fingerprint density at radius 2 is 1.96 bits per heavy atom. The van der Waals surface area contributed by atoms with Gasteiger partial charge in [-0.05, 0) is 30.3 Å². The van der Waals surface area contributed by atoms with Gasteiger partial charge in [0, 0.05) is 29.7 Å². The summed E-state index contributed by atoms with van der Waals surface area (Å²) >= 11 is 12.3. The van der Waals surface area contributed by atoms with Crippen LogP contribution >= 0.6 is 23.2 Å². The van der Waals surface area contributed by atoms with E-state index in [2.05, 4.69) is 9.97 Å². The number of hydrogen-bond acceptors (Lipinski definition) is 5. The lowest BCUT2D eigenvalue weighted by Crippen LogP contribution is -2.20. The van der Waals surface area contributed by atoms with E-state index >= 15 is 0 Å². The molecule has 1 unspecified atom stereocenters. The molecular formula is C19H15Cl2N3O3. The topological polar surface area (TPSA) is 87.3 Å². The first-order valence-corrected chi connectivity index (χ1v) is 8.61. The number of nitrogens with two attached hydrogens (primary N) is 1. The number of pyridine rings is 2. The summed E-state index contributed by atoms with van der Waals surface area (Å²) in [7, 11) is 1.52. The summed E-state index contributed by atoms with van der Waals surface area (Å²) < 4.78 is 11.5. The van der Waals surface area contributed by atoms with Crippen LogP contribution in [-0.2, 0) is 0 Å². The molecule has 0 radical (unpaired) electrons. The van der Waals surface area contributed by atoms with Crippen LogP contribution in [0.5, 0.6) is 11.5 Å². The summed E-state index contributed by atoms with van der Waals surface area (Å²) in [5, 5.41) is 0.797. The lowest BCUT2D eigenvalue weighted by molar-refractivity contribution is 0.0995. The van der Waals surface area contributed by atoms with Crippen molar-refractivity contribution < 1.29 is 14.3 Å². The molecule has 0 aliphatic heterocycles. The van der Waals surface area contributed by atoms with Crippen LogP contribution in [0.2, 0.25) is 10.0 Å². The number of aromatic nitrogens is 2. The van der Waals surface area contributed by atoms with Crippen LogP contribution in [0.3, 0.4) is 0 Å². The molecule has 27 heavy (non-hydrogen) atoms. The van der Waals surface area contributed by atoms with E-state index in [1.165, 1.54) is 7.11 Å². The number of carbonyl (C=O) groups excluding carboxylic acids is 1. The predicted molar refractivity (Wildman–Crippen MR) is 102 cm³/mol. The van der Waals surface area contributed by atoms with Crippen LogP contribution < -0.4 is 15.2 Å². The van der Waals surface area contributed by atoms with Crippen molar-refractivity contribution in [2.75, 3.05) is 7.11 Å². The SMILES string of the molecule is COc1ccncc1C(Oc1cc(Cl)ccc1Cl)c1ncccc1C(N)=O. The summed E-state index contributed by atoms with van der Waals surface area (Å²) in [6, 6.07) is 9.71. The molecule has 3 rings (SSSR count). The minimum Gasteiger partial charge on any atom is -0.496 e. The molecule has 0 fully saturated rings. The smallest absolute Gasteiger partial charge is 0.250 e. The molecule has 2 aromatic heterocycles. The molecule has 1 amide bonds. The van der Waals surface area contributed by atoms with Crippen LogP contribution in [0, 0.1) is 0 Å². The average Bonchev–Trinajstić information content (AvgIpc) is 2.68. The Bertz CT molecular complexity index is 982. The molecule has 0 aliphatic carbocycles. The van der Waals surface area contributed by atoms with Crippen molar-refractivity contribution in [3.63, 3.8) is 0 Å². The van der Waals surface area contributed by atoms with Crippen molar-refractivity contribution in [2.45, 2.75) is 6.10 Å². The third-order valence-electron chi connectivity index (χ3n) is 3.80. The first kappa shape index (κ1) is 18.9. The van der Waals surface area contributed by atoms with Crippen molar-refractivity contribution in [1.82, 2.24) is 9.97 Å². The normalized spacial score (nSPS) is 11.7. The highest BCUT2D eigenvalue weighted by atomic mass is 35.5. The van der Waals surface area contributed by atoms with Gasteiger partial charge in [0.2, 0.25) is 0 Å². The molecule has 1 atom stereocenters. The molecule has 2 heterocycles. The monoisotopic (exact) mass is 403 g/mol. The zero-order chi connectivity index (χ0) is 19.4. The van der Waals surface area contributed by atoms with Gasteiger partial charge < -0.3 is 15.2 Å². The number of nitrogens with zero attached hydrogens (tertiary/aromatic N) is 2. The molecule has 0 bridgehead atoms. The van der Waals surface area contributed by atoms with Crippen molar-refractivity contribution >= 4 is 29.1 Å². The van der Waals surface area contributed by atoms with Gasteiger partial charge in [-0.15, -0.1) is 0 Å². The highest BCUT2D eigenvalue weighted by Gasteiger charge is 2.27. The van der Waals surface area contributed by atoms with E-state index in [0.29, 0.717) is 32.8 Å². The Balaban J connectivity index is 2.18. The second-order valence-corrected chi connectivity index (χ2v) is 6.33. The van der Waals surface area contributed by atoms with Gasteiger partial charge >= 0.3 is 0 Å². The lowest BCUT2D eigenvalue weighted by atomic mass is 10.0. The van der Waals surface area contributed by atoms with Gasteiger partial charge in [-0.25, -0.2) is 0 Å². The number of amides is 1. The molecular weight excluding hydrogens is 389 g/mol. The maximum atomic E-state index is 11.9. The lowest BCUT2D eigenvalue weighted by Gasteiger charge is -2.22. The van der Waals surface area contributed by atoms with Crippen LogP contribution in [0.15, 0.2) is 55.0 Å². The summed E-state index contributed by atoms with van der Waals surface area (Å²) in [4.78, 5) is 20.4. The fraction of sp³-hybridized carbons (Fsp3) is 0.105. The number of carbonyl (C=O) groups is 1. The van der Waals surface area contributed by atoms with Crippen molar-refractivity contribution in [1.29, 1.82) is 0 Å². The Morgan fingerprint density at radius 3 is 2.70 bits per heavy atom. The number of ether oxygens (including phenoxy) is 2. The van der Waals surface area contributed by atoms with Gasteiger partial charge in [0.15, 0.2) is 6.10 Å². The molecule has 138 valence electrons. The van der Waals surface area contributed by atoms with Crippen LogP contribution in [0.1, 0.15) is 27.7 Å². The molecule has 8 heteroatoms. The molecule has 2 N–H and O–H groups in total. The zero-order valence-electron chi connectivity index (χ0n) is 14.2. The van der Waals surface area contributed by atoms with E-state index < -0.39 is 12.0 Å². The molecule has 0 aliphatic rings. The maximum Gasteiger partial charge on any atom is 0.250 e. The van der Waals surface area contributed by atoms with Crippen molar-refractivity contribution in [3.8, 4) is 11.5 Å². The molecule has 0 spiro atoms. The third-order valence-corrected chi connectivity index (χ3v) is 4.35. The maximum absolute atomic E-state index is 11.9. The number of methoxy groups -OCH3 is 1. The molecule has 6 nitrogen and oxygen atoms in total. The van der Waals surface area contributed by atoms with E-state index in [-0.39, 0.29) is 5.56 Å². The largest absolute Gasteiger partial charge is 0.496 e. The van der Waals surface area contributed by atoms with Crippen molar-refractivity contribution in [3.05, 3.63) is 81.9 Å². The Labute approximate surface area is 165 Å². The first-order chi connectivity index (χ1) is 13.0. The zero-order valence-corrected chi connectivity index (χ0v) is 15.7. The van der Waals surface area contributed by atoms with Crippen LogP contribution in [0.4, 0.5) is 0 Å². The highest BCUT2D eigenvalue weighted by Crippen LogP contribution is 2.37.